The van der Waals surface area contributed by atoms with E-state index in [1.165, 1.54) is 22.4 Å². The van der Waals surface area contributed by atoms with Crippen LogP contribution in [-0.4, -0.2) is 14.1 Å². The molecule has 2 rings (SSSR count). The third-order valence-corrected chi connectivity index (χ3v) is 3.51. The van der Waals surface area contributed by atoms with E-state index in [-0.39, 0.29) is 0 Å². The molecule has 19 heavy (non-hydrogen) atoms. The van der Waals surface area contributed by atoms with E-state index in [0.717, 1.165) is 18.8 Å². The fraction of sp³-hybridized carbons (Fsp3) is 0.375. The normalized spacial score (nSPS) is 10.7. The average Bonchev–Trinajstić information content (AvgIpc) is 2.78. The molecule has 102 valence electrons. The molecule has 0 radical (unpaired) electrons. The molecular weight excluding hydrogens is 236 g/mol. The highest BCUT2D eigenvalue weighted by Crippen LogP contribution is 2.21. The topological polar surface area (TPSA) is 28.4 Å². The lowest BCUT2D eigenvalue weighted by atomic mass is 10.1. The fourth-order valence-electron chi connectivity index (χ4n) is 2.23. The van der Waals surface area contributed by atoms with Crippen molar-refractivity contribution in [1.82, 2.24) is 5.32 Å². The standard InChI is InChI=1S/C16H22N2O/c1-12-9-16(6-5-14(12)10-17-3)18(4)11-15-7-8-19-13(15)2/h5-9,17H,10-11H2,1-4H3. The molecule has 0 fully saturated rings. The van der Waals surface area contributed by atoms with Gasteiger partial charge in [0, 0.05) is 31.4 Å². The summed E-state index contributed by atoms with van der Waals surface area (Å²) >= 11 is 0. The van der Waals surface area contributed by atoms with Gasteiger partial charge in [0.1, 0.15) is 5.76 Å². The maximum atomic E-state index is 5.34. The Morgan fingerprint density at radius 2 is 1.95 bits per heavy atom. The van der Waals surface area contributed by atoms with Gasteiger partial charge < -0.3 is 14.6 Å². The Bertz CT molecular complexity index is 545. The molecule has 0 aliphatic carbocycles. The quantitative estimate of drug-likeness (QED) is 0.892. The van der Waals surface area contributed by atoms with Gasteiger partial charge >= 0.3 is 0 Å². The molecule has 1 heterocycles. The van der Waals surface area contributed by atoms with Crippen LogP contribution >= 0.6 is 0 Å². The first-order valence-electron chi connectivity index (χ1n) is 6.60. The molecule has 0 spiro atoms. The molecule has 0 atom stereocenters. The van der Waals surface area contributed by atoms with Crippen LogP contribution in [0.25, 0.3) is 0 Å². The summed E-state index contributed by atoms with van der Waals surface area (Å²) < 4.78 is 5.34. The molecule has 0 aliphatic heterocycles. The molecule has 0 unspecified atom stereocenters. The largest absolute Gasteiger partial charge is 0.469 e. The van der Waals surface area contributed by atoms with Crippen LogP contribution in [0.1, 0.15) is 22.5 Å². The van der Waals surface area contributed by atoms with Gasteiger partial charge in [0.05, 0.1) is 6.26 Å². The summed E-state index contributed by atoms with van der Waals surface area (Å²) in [7, 11) is 4.08. The van der Waals surface area contributed by atoms with Crippen molar-refractivity contribution in [3.63, 3.8) is 0 Å². The third kappa shape index (κ3) is 3.18. The van der Waals surface area contributed by atoms with E-state index in [0.29, 0.717) is 0 Å². The first-order chi connectivity index (χ1) is 9.11. The van der Waals surface area contributed by atoms with Crippen LogP contribution in [-0.2, 0) is 13.1 Å². The monoisotopic (exact) mass is 258 g/mol. The van der Waals surface area contributed by atoms with Gasteiger partial charge in [-0.15, -0.1) is 0 Å². The number of anilines is 1. The van der Waals surface area contributed by atoms with Crippen LogP contribution in [0.3, 0.4) is 0 Å². The number of nitrogens with one attached hydrogen (secondary N) is 1. The highest BCUT2D eigenvalue weighted by molar-refractivity contribution is 5.50. The number of benzene rings is 1. The predicted molar refractivity (Wildman–Crippen MR) is 79.5 cm³/mol. The minimum absolute atomic E-state index is 0.868. The summed E-state index contributed by atoms with van der Waals surface area (Å²) in [6.45, 7) is 5.95. The molecule has 0 saturated carbocycles. The second kappa shape index (κ2) is 5.93. The number of rotatable bonds is 5. The molecular formula is C16H22N2O. The predicted octanol–water partition coefficient (Wildman–Crippen LogP) is 3.25. The summed E-state index contributed by atoms with van der Waals surface area (Å²) in [6.07, 6.45) is 1.75. The summed E-state index contributed by atoms with van der Waals surface area (Å²) in [5, 5.41) is 3.19. The molecule has 0 bridgehead atoms. The van der Waals surface area contributed by atoms with Crippen molar-refractivity contribution in [2.24, 2.45) is 0 Å². The number of furan rings is 1. The molecule has 1 aromatic carbocycles. The summed E-state index contributed by atoms with van der Waals surface area (Å²) in [6, 6.07) is 8.64. The lowest BCUT2D eigenvalue weighted by Crippen LogP contribution is -2.17. The Balaban J connectivity index is 2.13. The fourth-order valence-corrected chi connectivity index (χ4v) is 2.23. The second-order valence-electron chi connectivity index (χ2n) is 5.00. The lowest BCUT2D eigenvalue weighted by Gasteiger charge is -2.20. The zero-order chi connectivity index (χ0) is 13.8. The van der Waals surface area contributed by atoms with E-state index in [9.17, 15) is 0 Å². The van der Waals surface area contributed by atoms with Gasteiger partial charge in [-0.25, -0.2) is 0 Å². The summed E-state index contributed by atoms with van der Waals surface area (Å²) in [5.74, 6) is 0.996. The zero-order valence-electron chi connectivity index (χ0n) is 12.2. The Hall–Kier alpha value is -1.74. The molecule has 0 amide bonds. The highest BCUT2D eigenvalue weighted by atomic mass is 16.3. The first-order valence-corrected chi connectivity index (χ1v) is 6.60. The molecule has 3 nitrogen and oxygen atoms in total. The lowest BCUT2D eigenvalue weighted by molar-refractivity contribution is 0.529. The maximum Gasteiger partial charge on any atom is 0.105 e. The van der Waals surface area contributed by atoms with E-state index in [2.05, 4.69) is 42.4 Å². The van der Waals surface area contributed by atoms with Gasteiger partial charge in [-0.05, 0) is 50.2 Å². The van der Waals surface area contributed by atoms with Crippen LogP contribution in [0.15, 0.2) is 34.9 Å². The third-order valence-electron chi connectivity index (χ3n) is 3.51. The van der Waals surface area contributed by atoms with Crippen molar-refractivity contribution < 1.29 is 4.42 Å². The number of aryl methyl sites for hydroxylation is 2. The van der Waals surface area contributed by atoms with E-state index < -0.39 is 0 Å². The van der Waals surface area contributed by atoms with Crippen molar-refractivity contribution in [2.75, 3.05) is 19.0 Å². The zero-order valence-corrected chi connectivity index (χ0v) is 12.2. The smallest absolute Gasteiger partial charge is 0.105 e. The Kier molecular flexibility index (Phi) is 4.27. The van der Waals surface area contributed by atoms with Crippen LogP contribution in [0, 0.1) is 13.8 Å². The van der Waals surface area contributed by atoms with Gasteiger partial charge in [0.2, 0.25) is 0 Å². The summed E-state index contributed by atoms with van der Waals surface area (Å²) in [4.78, 5) is 2.24. The maximum absolute atomic E-state index is 5.34. The van der Waals surface area contributed by atoms with Gasteiger partial charge in [0.15, 0.2) is 0 Å². The SMILES string of the molecule is CNCc1ccc(N(C)Cc2ccoc2C)cc1C. The van der Waals surface area contributed by atoms with Crippen LogP contribution in [0.5, 0.6) is 0 Å². The number of nitrogens with zero attached hydrogens (tertiary/aromatic N) is 1. The molecule has 3 heteroatoms. The van der Waals surface area contributed by atoms with Crippen molar-refractivity contribution in [3.05, 3.63) is 53.0 Å². The molecule has 1 aromatic heterocycles. The Morgan fingerprint density at radius 3 is 2.53 bits per heavy atom. The minimum atomic E-state index is 0.868. The second-order valence-corrected chi connectivity index (χ2v) is 5.00. The van der Waals surface area contributed by atoms with Gasteiger partial charge in [-0.2, -0.15) is 0 Å². The van der Waals surface area contributed by atoms with Gasteiger partial charge in [0.25, 0.3) is 0 Å². The van der Waals surface area contributed by atoms with E-state index in [1.54, 1.807) is 6.26 Å². The Morgan fingerprint density at radius 1 is 1.16 bits per heavy atom. The van der Waals surface area contributed by atoms with Gasteiger partial charge in [-0.1, -0.05) is 6.07 Å². The molecule has 0 saturated heterocycles. The average molecular weight is 258 g/mol. The summed E-state index contributed by atoms with van der Waals surface area (Å²) in [5.41, 5.74) is 5.14. The minimum Gasteiger partial charge on any atom is -0.469 e. The van der Waals surface area contributed by atoms with Gasteiger partial charge in [-0.3, -0.25) is 0 Å². The molecule has 2 aromatic rings. The molecule has 1 N–H and O–H groups in total. The van der Waals surface area contributed by atoms with Crippen LogP contribution in [0.4, 0.5) is 5.69 Å². The first kappa shape index (κ1) is 13.7. The van der Waals surface area contributed by atoms with Crippen molar-refractivity contribution in [1.29, 1.82) is 0 Å². The van der Waals surface area contributed by atoms with Crippen molar-refractivity contribution >= 4 is 5.69 Å². The highest BCUT2D eigenvalue weighted by Gasteiger charge is 2.07. The van der Waals surface area contributed by atoms with Crippen LogP contribution < -0.4 is 10.2 Å². The molecule has 0 aliphatic rings. The van der Waals surface area contributed by atoms with E-state index in [1.807, 2.05) is 20.0 Å². The van der Waals surface area contributed by atoms with E-state index >= 15 is 0 Å². The number of hydrogen-bond acceptors (Lipinski definition) is 3. The van der Waals surface area contributed by atoms with Crippen LogP contribution in [0.2, 0.25) is 0 Å². The number of hydrogen-bond donors (Lipinski definition) is 1. The van der Waals surface area contributed by atoms with Crippen molar-refractivity contribution in [2.45, 2.75) is 26.9 Å². The Labute approximate surface area is 115 Å². The van der Waals surface area contributed by atoms with Crippen molar-refractivity contribution in [3.8, 4) is 0 Å². The van der Waals surface area contributed by atoms with E-state index in [4.69, 9.17) is 4.42 Å².